The summed E-state index contributed by atoms with van der Waals surface area (Å²) in [6, 6.07) is 0. The van der Waals surface area contributed by atoms with Crippen molar-refractivity contribution in [2.75, 3.05) is 0 Å². The summed E-state index contributed by atoms with van der Waals surface area (Å²) in [5, 5.41) is 20.6. The summed E-state index contributed by atoms with van der Waals surface area (Å²) >= 11 is 0. The second-order valence-corrected chi connectivity index (χ2v) is 17.8. The number of carbonyl (C=O) groups is 2. The molecule has 0 unspecified atom stereocenters. The number of rotatable bonds is 48. The van der Waals surface area contributed by atoms with Gasteiger partial charge in [0.15, 0.2) is 0 Å². The van der Waals surface area contributed by atoms with Crippen LogP contribution in [0.2, 0.25) is 0 Å². The van der Waals surface area contributed by atoms with Gasteiger partial charge in [-0.2, -0.15) is 0 Å². The first-order chi connectivity index (χ1) is 27.5. The number of carboxylic acid groups (broad SMARTS) is 2. The molecule has 0 aliphatic heterocycles. The Morgan fingerprint density at radius 2 is 0.333 bits per heavy atom. The van der Waals surface area contributed by atoms with Crippen LogP contribution >= 0.6 is 0 Å². The maximum Gasteiger partial charge on any atom is 2.00 e. The van der Waals surface area contributed by atoms with Crippen LogP contribution in [0.25, 0.3) is 0 Å². The molecule has 0 amide bonds. The fourth-order valence-corrected chi connectivity index (χ4v) is 8.11. The molecule has 0 aromatic carbocycles. The van der Waals surface area contributed by atoms with E-state index in [0.717, 1.165) is 25.7 Å². The molecule has 0 spiro atoms. The van der Waals surface area contributed by atoms with Crippen LogP contribution in [0.3, 0.4) is 0 Å². The van der Waals surface area contributed by atoms with Crippen molar-refractivity contribution in [2.24, 2.45) is 0 Å². The van der Waals surface area contributed by atoms with Gasteiger partial charge in [-0.15, -0.1) is 0 Å². The summed E-state index contributed by atoms with van der Waals surface area (Å²) in [5.74, 6) is -1.80. The topological polar surface area (TPSA) is 80.3 Å². The zero-order chi connectivity index (χ0) is 41.1. The maximum atomic E-state index is 10.3. The molecule has 0 heterocycles. The first kappa shape index (κ1) is 61.7. The first-order valence-electron chi connectivity index (χ1n) is 25.9. The average Bonchev–Trinajstić information content (AvgIpc) is 3.18. The van der Waals surface area contributed by atoms with Gasteiger partial charge in [0.1, 0.15) is 0 Å². The maximum absolute atomic E-state index is 10.3. The van der Waals surface area contributed by atoms with Crippen molar-refractivity contribution in [3.05, 3.63) is 0 Å². The average molecular weight is 879 g/mol. The van der Waals surface area contributed by atoms with Crippen LogP contribution in [0.5, 0.6) is 0 Å². The molecule has 4 nitrogen and oxygen atoms in total. The van der Waals surface area contributed by atoms with E-state index in [-0.39, 0.29) is 58.3 Å². The van der Waals surface area contributed by atoms with Gasteiger partial charge in [-0.1, -0.05) is 296 Å². The standard InChI is InChI=1S/2C26H52O2.Sr/c2*1-2-3-4-5-6-7-8-9-10-11-12-13-14-15-16-17-18-19-20-21-22-23-24-25-26(27)28;/h2*2-25H2,1H3,(H,27,28);/q;;+2/p-2. The molecule has 57 heavy (non-hydrogen) atoms. The van der Waals surface area contributed by atoms with E-state index in [0.29, 0.717) is 0 Å². The molecule has 5 heteroatoms. The summed E-state index contributed by atoms with van der Waals surface area (Å²) < 4.78 is 0. The van der Waals surface area contributed by atoms with Crippen LogP contribution in [0, 0.1) is 0 Å². The van der Waals surface area contributed by atoms with E-state index in [1.807, 2.05) is 0 Å². The molecule has 0 aromatic rings. The number of aliphatic carboxylic acids is 2. The minimum atomic E-state index is -0.900. The monoisotopic (exact) mass is 879 g/mol. The molecule has 0 bridgehead atoms. The Morgan fingerprint density at radius 1 is 0.228 bits per heavy atom. The molecule has 0 aromatic heterocycles. The fraction of sp³-hybridized carbons (Fsp3) is 0.962. The number of carbonyl (C=O) groups excluding carboxylic acids is 2. The first-order valence-corrected chi connectivity index (χ1v) is 25.9. The van der Waals surface area contributed by atoms with Gasteiger partial charge in [-0.25, -0.2) is 0 Å². The molecule has 0 N–H and O–H groups in total. The Balaban J connectivity index is -0.00000101. The molecule has 336 valence electrons. The number of unbranched alkanes of at least 4 members (excludes halogenated alkanes) is 44. The Morgan fingerprint density at radius 3 is 0.439 bits per heavy atom. The predicted molar refractivity (Wildman–Crippen MR) is 249 cm³/mol. The quantitative estimate of drug-likeness (QED) is 0.0450. The number of hydrogen-bond acceptors (Lipinski definition) is 4. The fourth-order valence-electron chi connectivity index (χ4n) is 8.11. The van der Waals surface area contributed by atoms with Crippen molar-refractivity contribution in [2.45, 2.75) is 322 Å². The van der Waals surface area contributed by atoms with Gasteiger partial charge < -0.3 is 19.8 Å². The van der Waals surface area contributed by atoms with Crippen molar-refractivity contribution in [3.8, 4) is 0 Å². The molecule has 0 rings (SSSR count). The third kappa shape index (κ3) is 65.7. The van der Waals surface area contributed by atoms with Crippen molar-refractivity contribution >= 4 is 57.4 Å². The van der Waals surface area contributed by atoms with Crippen LogP contribution in [0.15, 0.2) is 0 Å². The van der Waals surface area contributed by atoms with E-state index < -0.39 is 11.9 Å². The summed E-state index contributed by atoms with van der Waals surface area (Å²) in [6.07, 6.45) is 63.3. The zero-order valence-electron chi connectivity index (χ0n) is 39.3. The molecular weight excluding hydrogens is 776 g/mol. The van der Waals surface area contributed by atoms with Gasteiger partial charge in [-0.05, 0) is 25.7 Å². The third-order valence-electron chi connectivity index (χ3n) is 12.0. The van der Waals surface area contributed by atoms with Gasteiger partial charge in [0, 0.05) is 11.9 Å². The molecule has 0 saturated heterocycles. The normalized spacial score (nSPS) is 11.0. The molecular formula is C52H102O4Sr. The Labute approximate surface area is 396 Å². The summed E-state index contributed by atoms with van der Waals surface area (Å²) in [6.45, 7) is 4.58. The predicted octanol–water partition coefficient (Wildman–Crippen LogP) is 15.9. The van der Waals surface area contributed by atoms with E-state index in [1.165, 1.54) is 270 Å². The van der Waals surface area contributed by atoms with Crippen molar-refractivity contribution in [1.82, 2.24) is 0 Å². The largest absolute Gasteiger partial charge is 2.00 e. The van der Waals surface area contributed by atoms with Crippen LogP contribution in [-0.2, 0) is 9.59 Å². The molecule has 0 radical (unpaired) electrons. The van der Waals surface area contributed by atoms with Crippen molar-refractivity contribution < 1.29 is 19.8 Å². The molecule has 0 fully saturated rings. The zero-order valence-corrected chi connectivity index (χ0v) is 42.8. The van der Waals surface area contributed by atoms with E-state index in [9.17, 15) is 19.8 Å². The van der Waals surface area contributed by atoms with Gasteiger partial charge >= 0.3 is 45.5 Å². The van der Waals surface area contributed by atoms with Crippen LogP contribution in [0.4, 0.5) is 0 Å². The molecule has 0 saturated carbocycles. The van der Waals surface area contributed by atoms with E-state index >= 15 is 0 Å². The Kier molecular flexibility index (Phi) is 63.4. The van der Waals surface area contributed by atoms with Gasteiger partial charge in [-0.3, -0.25) is 0 Å². The van der Waals surface area contributed by atoms with Crippen LogP contribution in [0.1, 0.15) is 322 Å². The minimum Gasteiger partial charge on any atom is -0.550 e. The van der Waals surface area contributed by atoms with E-state index in [2.05, 4.69) is 13.8 Å². The van der Waals surface area contributed by atoms with Crippen molar-refractivity contribution in [1.29, 1.82) is 0 Å². The third-order valence-corrected chi connectivity index (χ3v) is 12.0. The molecule has 0 aliphatic rings. The summed E-state index contributed by atoms with van der Waals surface area (Å²) in [5.41, 5.74) is 0. The summed E-state index contributed by atoms with van der Waals surface area (Å²) in [4.78, 5) is 20.6. The van der Waals surface area contributed by atoms with Gasteiger partial charge in [0.25, 0.3) is 0 Å². The SMILES string of the molecule is CCCCCCCCCCCCCCCCCCCCCCCCCC(=O)[O-].CCCCCCCCCCCCCCCCCCCCCCCCCC(=O)[O-].[Sr+2]. The smallest absolute Gasteiger partial charge is 0.550 e. The molecule has 0 aliphatic carbocycles. The number of carboxylic acids is 2. The van der Waals surface area contributed by atoms with E-state index in [1.54, 1.807) is 0 Å². The van der Waals surface area contributed by atoms with E-state index in [4.69, 9.17) is 0 Å². The Bertz CT molecular complexity index is 669. The second kappa shape index (κ2) is 58.5. The molecule has 0 atom stereocenters. The second-order valence-electron chi connectivity index (χ2n) is 17.8. The van der Waals surface area contributed by atoms with Crippen LogP contribution in [-0.4, -0.2) is 57.4 Å². The number of hydrogen-bond donors (Lipinski definition) is 0. The van der Waals surface area contributed by atoms with Crippen LogP contribution < -0.4 is 10.2 Å². The van der Waals surface area contributed by atoms with Crippen molar-refractivity contribution in [3.63, 3.8) is 0 Å². The summed E-state index contributed by atoms with van der Waals surface area (Å²) in [7, 11) is 0. The van der Waals surface area contributed by atoms with Gasteiger partial charge in [0.2, 0.25) is 0 Å². The van der Waals surface area contributed by atoms with Gasteiger partial charge in [0.05, 0.1) is 0 Å². The Hall–Kier alpha value is 0.421. The minimum absolute atomic E-state index is 0.